The minimum Gasteiger partial charge on any atom is -0.481 e. The molecule has 98 valence electrons. The zero-order valence-corrected chi connectivity index (χ0v) is 11.7. The Bertz CT molecular complexity index is 463. The number of carbonyl (C=O) groups is 2. The van der Waals surface area contributed by atoms with Crippen molar-refractivity contribution < 1.29 is 14.7 Å². The number of urea groups is 1. The third kappa shape index (κ3) is 4.03. The number of carboxylic acids is 1. The lowest BCUT2D eigenvalue weighted by molar-refractivity contribution is -0.140. The van der Waals surface area contributed by atoms with E-state index in [4.69, 9.17) is 5.11 Å². The Kier molecular flexibility index (Phi) is 5.15. The van der Waals surface area contributed by atoms with Gasteiger partial charge in [0.1, 0.15) is 0 Å². The van der Waals surface area contributed by atoms with Gasteiger partial charge in [-0.2, -0.15) is 0 Å². The second kappa shape index (κ2) is 6.39. The van der Waals surface area contributed by atoms with Crippen LogP contribution in [0.15, 0.2) is 22.7 Å². The molecule has 1 unspecified atom stereocenters. The molecule has 0 saturated carbocycles. The lowest BCUT2D eigenvalue weighted by Crippen LogP contribution is -2.34. The van der Waals surface area contributed by atoms with Gasteiger partial charge in [0, 0.05) is 11.0 Å². The van der Waals surface area contributed by atoms with Gasteiger partial charge in [-0.1, -0.05) is 19.1 Å². The quantitative estimate of drug-likeness (QED) is 0.799. The molecule has 1 atom stereocenters. The molecular formula is C12H15BrN2O3. The number of anilines is 1. The van der Waals surface area contributed by atoms with Gasteiger partial charge >= 0.3 is 12.0 Å². The Labute approximate surface area is 114 Å². The van der Waals surface area contributed by atoms with Crippen molar-refractivity contribution in [3.63, 3.8) is 0 Å². The SMILES string of the molecule is Cc1cccc(NC(=O)NCC(C)C(=O)O)c1Br. The number of hydrogen-bond donors (Lipinski definition) is 3. The Morgan fingerprint density at radius 3 is 2.72 bits per heavy atom. The van der Waals surface area contributed by atoms with E-state index in [0.29, 0.717) is 5.69 Å². The average Bonchev–Trinajstić information content (AvgIpc) is 2.32. The molecule has 0 aromatic heterocycles. The molecule has 0 aliphatic carbocycles. The van der Waals surface area contributed by atoms with Gasteiger partial charge in [0.05, 0.1) is 11.6 Å². The summed E-state index contributed by atoms with van der Waals surface area (Å²) in [7, 11) is 0. The molecule has 2 amide bonds. The molecule has 0 spiro atoms. The van der Waals surface area contributed by atoms with Crippen LogP contribution in [0.2, 0.25) is 0 Å². The fraction of sp³-hybridized carbons (Fsp3) is 0.333. The maximum Gasteiger partial charge on any atom is 0.319 e. The number of aryl methyl sites for hydroxylation is 1. The van der Waals surface area contributed by atoms with E-state index in [0.717, 1.165) is 10.0 Å². The largest absolute Gasteiger partial charge is 0.481 e. The van der Waals surface area contributed by atoms with Gasteiger partial charge in [0.2, 0.25) is 0 Å². The lowest BCUT2D eigenvalue weighted by atomic mass is 10.2. The number of rotatable bonds is 4. The molecule has 0 saturated heterocycles. The molecule has 1 rings (SSSR count). The Hall–Kier alpha value is -1.56. The van der Waals surface area contributed by atoms with Crippen LogP contribution in [0, 0.1) is 12.8 Å². The number of hydrogen-bond acceptors (Lipinski definition) is 2. The zero-order chi connectivity index (χ0) is 13.7. The van der Waals surface area contributed by atoms with Crippen molar-refractivity contribution >= 4 is 33.6 Å². The van der Waals surface area contributed by atoms with Crippen molar-refractivity contribution in [2.24, 2.45) is 5.92 Å². The standard InChI is InChI=1S/C12H15BrN2O3/c1-7-4-3-5-9(10(7)13)15-12(18)14-6-8(2)11(16)17/h3-5,8H,6H2,1-2H3,(H,16,17)(H2,14,15,18). The summed E-state index contributed by atoms with van der Waals surface area (Å²) in [4.78, 5) is 22.2. The van der Waals surface area contributed by atoms with Crippen LogP contribution in [-0.2, 0) is 4.79 Å². The second-order valence-corrected chi connectivity index (χ2v) is 4.80. The van der Waals surface area contributed by atoms with E-state index in [1.165, 1.54) is 6.92 Å². The van der Waals surface area contributed by atoms with E-state index in [9.17, 15) is 9.59 Å². The first kappa shape index (κ1) is 14.5. The van der Waals surface area contributed by atoms with E-state index in [-0.39, 0.29) is 6.54 Å². The van der Waals surface area contributed by atoms with Crippen LogP contribution in [0.25, 0.3) is 0 Å². The van der Waals surface area contributed by atoms with Crippen molar-refractivity contribution in [1.82, 2.24) is 5.32 Å². The molecule has 1 aromatic carbocycles. The maximum absolute atomic E-state index is 11.6. The third-order valence-electron chi connectivity index (χ3n) is 2.43. The van der Waals surface area contributed by atoms with Crippen LogP contribution in [0.5, 0.6) is 0 Å². The van der Waals surface area contributed by atoms with Gasteiger partial charge in [-0.3, -0.25) is 4.79 Å². The lowest BCUT2D eigenvalue weighted by Gasteiger charge is -2.11. The highest BCUT2D eigenvalue weighted by Gasteiger charge is 2.12. The summed E-state index contributed by atoms with van der Waals surface area (Å²) in [5, 5.41) is 13.8. The molecule has 0 aliphatic heterocycles. The number of halogens is 1. The van der Waals surface area contributed by atoms with E-state index in [1.807, 2.05) is 19.1 Å². The molecule has 5 nitrogen and oxygen atoms in total. The summed E-state index contributed by atoms with van der Waals surface area (Å²) in [6.07, 6.45) is 0. The summed E-state index contributed by atoms with van der Waals surface area (Å²) in [5.74, 6) is -1.55. The van der Waals surface area contributed by atoms with E-state index < -0.39 is 17.9 Å². The van der Waals surface area contributed by atoms with Gasteiger partial charge in [0.25, 0.3) is 0 Å². The minimum absolute atomic E-state index is 0.0879. The van der Waals surface area contributed by atoms with Crippen LogP contribution in [0.4, 0.5) is 10.5 Å². The van der Waals surface area contributed by atoms with Crippen LogP contribution in [0.1, 0.15) is 12.5 Å². The summed E-state index contributed by atoms with van der Waals surface area (Å²) in [6.45, 7) is 3.54. The number of carbonyl (C=O) groups excluding carboxylic acids is 1. The van der Waals surface area contributed by atoms with Gasteiger partial charge in [0.15, 0.2) is 0 Å². The molecule has 1 aromatic rings. The molecule has 0 bridgehead atoms. The first-order valence-electron chi connectivity index (χ1n) is 5.44. The van der Waals surface area contributed by atoms with Crippen LogP contribution < -0.4 is 10.6 Å². The van der Waals surface area contributed by atoms with Gasteiger partial charge in [-0.15, -0.1) is 0 Å². The highest BCUT2D eigenvalue weighted by molar-refractivity contribution is 9.10. The van der Waals surface area contributed by atoms with Crippen LogP contribution >= 0.6 is 15.9 Å². The first-order chi connectivity index (χ1) is 8.41. The van der Waals surface area contributed by atoms with Crippen LogP contribution in [-0.4, -0.2) is 23.7 Å². The second-order valence-electron chi connectivity index (χ2n) is 4.01. The summed E-state index contributed by atoms with van der Waals surface area (Å²) in [6, 6.07) is 5.08. The Morgan fingerprint density at radius 2 is 2.11 bits per heavy atom. The average molecular weight is 315 g/mol. The highest BCUT2D eigenvalue weighted by Crippen LogP contribution is 2.25. The molecule has 0 radical (unpaired) electrons. The molecule has 0 aliphatic rings. The normalized spacial score (nSPS) is 11.7. The molecule has 18 heavy (non-hydrogen) atoms. The topological polar surface area (TPSA) is 78.4 Å². The summed E-state index contributed by atoms with van der Waals surface area (Å²) < 4.78 is 0.812. The van der Waals surface area contributed by atoms with Gasteiger partial charge < -0.3 is 15.7 Å². The van der Waals surface area contributed by atoms with Crippen molar-refractivity contribution in [2.45, 2.75) is 13.8 Å². The van der Waals surface area contributed by atoms with E-state index >= 15 is 0 Å². The van der Waals surface area contributed by atoms with Crippen molar-refractivity contribution in [2.75, 3.05) is 11.9 Å². The number of nitrogens with one attached hydrogen (secondary N) is 2. The number of aliphatic carboxylic acids is 1. The minimum atomic E-state index is -0.938. The zero-order valence-electron chi connectivity index (χ0n) is 10.2. The fourth-order valence-corrected chi connectivity index (χ4v) is 1.61. The molecule has 0 fully saturated rings. The van der Waals surface area contributed by atoms with Crippen molar-refractivity contribution in [3.8, 4) is 0 Å². The molecule has 6 heteroatoms. The van der Waals surface area contributed by atoms with E-state index in [2.05, 4.69) is 26.6 Å². The summed E-state index contributed by atoms with van der Waals surface area (Å²) >= 11 is 3.38. The predicted molar refractivity (Wildman–Crippen MR) is 72.7 cm³/mol. The summed E-state index contributed by atoms with van der Waals surface area (Å²) in [5.41, 5.74) is 1.65. The van der Waals surface area contributed by atoms with Crippen LogP contribution in [0.3, 0.4) is 0 Å². The molecular weight excluding hydrogens is 300 g/mol. The van der Waals surface area contributed by atoms with Crippen molar-refractivity contribution in [1.29, 1.82) is 0 Å². The monoisotopic (exact) mass is 314 g/mol. The first-order valence-corrected chi connectivity index (χ1v) is 6.24. The maximum atomic E-state index is 11.6. The highest BCUT2D eigenvalue weighted by atomic mass is 79.9. The molecule has 0 heterocycles. The number of carboxylic acid groups (broad SMARTS) is 1. The van der Waals surface area contributed by atoms with Crippen molar-refractivity contribution in [3.05, 3.63) is 28.2 Å². The fourth-order valence-electron chi connectivity index (χ4n) is 1.24. The number of amides is 2. The smallest absolute Gasteiger partial charge is 0.319 e. The molecule has 3 N–H and O–H groups in total. The predicted octanol–water partition coefficient (Wildman–Crippen LogP) is 2.60. The van der Waals surface area contributed by atoms with Gasteiger partial charge in [-0.05, 0) is 34.5 Å². The third-order valence-corrected chi connectivity index (χ3v) is 3.48. The van der Waals surface area contributed by atoms with E-state index in [1.54, 1.807) is 6.07 Å². The Balaban J connectivity index is 2.55. The van der Waals surface area contributed by atoms with Gasteiger partial charge in [-0.25, -0.2) is 4.79 Å². The number of benzene rings is 1. The Morgan fingerprint density at radius 1 is 1.44 bits per heavy atom.